The Balaban J connectivity index is 1.71. The molecule has 7 nitrogen and oxygen atoms in total. The molecule has 2 heterocycles. The topological polar surface area (TPSA) is 79.0 Å². The Morgan fingerprint density at radius 3 is 2.64 bits per heavy atom. The summed E-state index contributed by atoms with van der Waals surface area (Å²) in [6, 6.07) is 12.5. The van der Waals surface area contributed by atoms with Crippen LogP contribution in [0.4, 0.5) is 5.69 Å². The lowest BCUT2D eigenvalue weighted by Crippen LogP contribution is -2.46. The number of anilines is 1. The third kappa shape index (κ3) is 5.21. The molecule has 2 aromatic rings. The van der Waals surface area contributed by atoms with E-state index in [-0.39, 0.29) is 29.3 Å². The Morgan fingerprint density at radius 1 is 1.18 bits per heavy atom. The number of likely N-dealkylation sites (tertiary alicyclic amines) is 1. The zero-order chi connectivity index (χ0) is 23.6. The Bertz CT molecular complexity index is 1110. The maximum atomic E-state index is 14.0. The van der Waals surface area contributed by atoms with Crippen LogP contribution in [-0.4, -0.2) is 62.6 Å². The minimum atomic E-state index is -3.82. The fraction of sp³-hybridized carbons (Fsp3) is 0.458. The lowest BCUT2D eigenvalue weighted by molar-refractivity contribution is -0.118. The van der Waals surface area contributed by atoms with Crippen molar-refractivity contribution in [2.75, 3.05) is 38.3 Å². The van der Waals surface area contributed by atoms with Gasteiger partial charge in [-0.15, -0.1) is 11.8 Å². The van der Waals surface area contributed by atoms with E-state index >= 15 is 0 Å². The molecule has 1 atom stereocenters. The number of hydrogen-bond acceptors (Lipinski definition) is 6. The number of hydrogen-bond donors (Lipinski definition) is 1. The maximum absolute atomic E-state index is 14.0. The molecule has 9 heteroatoms. The second-order valence-corrected chi connectivity index (χ2v) is 11.7. The molecule has 33 heavy (non-hydrogen) atoms. The maximum Gasteiger partial charge on any atom is 0.243 e. The number of nitrogens with one attached hydrogen (secondary N) is 1. The summed E-state index contributed by atoms with van der Waals surface area (Å²) >= 11 is 1.57. The number of ether oxygens (including phenoxy) is 1. The number of sulfonamides is 1. The molecule has 0 aromatic heterocycles. The van der Waals surface area contributed by atoms with Crippen LogP contribution in [0.5, 0.6) is 5.75 Å². The molecule has 1 amide bonds. The lowest BCUT2D eigenvalue weighted by Gasteiger charge is -2.36. The quantitative estimate of drug-likeness (QED) is 0.667. The molecule has 2 aliphatic heterocycles. The van der Waals surface area contributed by atoms with E-state index in [4.69, 9.17) is 4.74 Å². The van der Waals surface area contributed by atoms with E-state index < -0.39 is 10.0 Å². The zero-order valence-electron chi connectivity index (χ0n) is 19.3. The molecule has 0 saturated carbocycles. The van der Waals surface area contributed by atoms with Gasteiger partial charge >= 0.3 is 0 Å². The van der Waals surface area contributed by atoms with Gasteiger partial charge in [-0.1, -0.05) is 25.1 Å². The number of thioether (sulfide) groups is 1. The summed E-state index contributed by atoms with van der Waals surface area (Å²) in [4.78, 5) is 15.7. The molecule has 0 bridgehead atoms. The highest BCUT2D eigenvalue weighted by atomic mass is 32.2. The first-order valence-electron chi connectivity index (χ1n) is 11.2. The summed E-state index contributed by atoms with van der Waals surface area (Å²) < 4.78 is 35.1. The van der Waals surface area contributed by atoms with Crippen LogP contribution in [-0.2, 0) is 21.4 Å². The largest absolute Gasteiger partial charge is 0.496 e. The molecule has 2 aromatic carbocycles. The van der Waals surface area contributed by atoms with Gasteiger partial charge in [0.25, 0.3) is 0 Å². The highest BCUT2D eigenvalue weighted by Gasteiger charge is 2.34. The van der Waals surface area contributed by atoms with Gasteiger partial charge in [0.2, 0.25) is 15.9 Å². The minimum absolute atomic E-state index is 0.0861. The van der Waals surface area contributed by atoms with Crippen LogP contribution in [0.3, 0.4) is 0 Å². The molecule has 0 aliphatic carbocycles. The first kappa shape index (κ1) is 24.1. The first-order chi connectivity index (χ1) is 15.8. The van der Waals surface area contributed by atoms with E-state index in [0.29, 0.717) is 17.2 Å². The number of piperidine rings is 1. The van der Waals surface area contributed by atoms with E-state index in [9.17, 15) is 13.2 Å². The van der Waals surface area contributed by atoms with Crippen molar-refractivity contribution in [3.63, 3.8) is 0 Å². The van der Waals surface area contributed by atoms with E-state index in [0.717, 1.165) is 36.4 Å². The van der Waals surface area contributed by atoms with Crippen molar-refractivity contribution >= 4 is 33.4 Å². The predicted octanol–water partition coefficient (Wildman–Crippen LogP) is 3.66. The molecule has 0 radical (unpaired) electrons. The zero-order valence-corrected chi connectivity index (χ0v) is 20.9. The van der Waals surface area contributed by atoms with Crippen molar-refractivity contribution in [2.24, 2.45) is 5.92 Å². The molecule has 2 aliphatic rings. The van der Waals surface area contributed by atoms with Gasteiger partial charge < -0.3 is 15.0 Å². The van der Waals surface area contributed by atoms with Crippen molar-refractivity contribution in [3.05, 3.63) is 48.0 Å². The SMILES string of the molecule is COc1ccccc1CN(C1CCN(C)CC1)S(=O)(=O)c1ccc2c(c1)NC(=O)[C@H](C)CS2. The Labute approximate surface area is 200 Å². The van der Waals surface area contributed by atoms with Crippen LogP contribution in [0.25, 0.3) is 0 Å². The van der Waals surface area contributed by atoms with Crippen molar-refractivity contribution in [1.82, 2.24) is 9.21 Å². The van der Waals surface area contributed by atoms with Crippen LogP contribution in [0.1, 0.15) is 25.3 Å². The smallest absolute Gasteiger partial charge is 0.243 e. The van der Waals surface area contributed by atoms with Crippen LogP contribution in [0.15, 0.2) is 52.3 Å². The van der Waals surface area contributed by atoms with Gasteiger partial charge in [0.05, 0.1) is 17.7 Å². The molecule has 0 unspecified atom stereocenters. The minimum Gasteiger partial charge on any atom is -0.496 e. The fourth-order valence-electron chi connectivity index (χ4n) is 4.27. The number of benzene rings is 2. The number of fused-ring (bicyclic) bond motifs is 1. The van der Waals surface area contributed by atoms with Gasteiger partial charge in [-0.25, -0.2) is 8.42 Å². The summed E-state index contributed by atoms with van der Waals surface area (Å²) in [6.45, 7) is 3.80. The van der Waals surface area contributed by atoms with Gasteiger partial charge in [-0.05, 0) is 57.2 Å². The van der Waals surface area contributed by atoms with Crippen LogP contribution in [0.2, 0.25) is 0 Å². The number of carbonyl (C=O) groups excluding carboxylic acids is 1. The number of methoxy groups -OCH3 is 1. The average molecular weight is 490 g/mol. The standard InChI is InChI=1S/C24H31N3O4S2/c1-17-16-32-23-9-8-20(14-21(23)25-24(17)28)33(29,30)27(19-10-12-26(2)13-11-19)15-18-6-4-5-7-22(18)31-3/h4-9,14,17,19H,10-13,15-16H2,1-3H3,(H,25,28)/t17-/m1/s1. The van der Waals surface area contributed by atoms with Crippen molar-refractivity contribution in [1.29, 1.82) is 0 Å². The third-order valence-electron chi connectivity index (χ3n) is 6.37. The molecular weight excluding hydrogens is 458 g/mol. The molecular formula is C24H31N3O4S2. The monoisotopic (exact) mass is 489 g/mol. The highest BCUT2D eigenvalue weighted by molar-refractivity contribution is 7.99. The van der Waals surface area contributed by atoms with Crippen LogP contribution >= 0.6 is 11.8 Å². The number of nitrogens with zero attached hydrogens (tertiary/aromatic N) is 2. The van der Waals surface area contributed by atoms with Gasteiger partial charge in [-0.2, -0.15) is 4.31 Å². The van der Waals surface area contributed by atoms with Crippen molar-refractivity contribution < 1.29 is 17.9 Å². The van der Waals surface area contributed by atoms with Gasteiger partial charge in [0.15, 0.2) is 0 Å². The average Bonchev–Trinajstić information content (AvgIpc) is 2.95. The van der Waals surface area contributed by atoms with E-state index in [1.807, 2.05) is 31.2 Å². The fourth-order valence-corrected chi connectivity index (χ4v) is 6.97. The summed E-state index contributed by atoms with van der Waals surface area (Å²) in [5.41, 5.74) is 1.39. The normalized spacial score (nSPS) is 20.2. The summed E-state index contributed by atoms with van der Waals surface area (Å²) in [5.74, 6) is 1.12. The first-order valence-corrected chi connectivity index (χ1v) is 13.6. The Morgan fingerprint density at radius 2 is 1.91 bits per heavy atom. The number of para-hydroxylation sites is 1. The molecule has 4 rings (SSSR count). The Hall–Kier alpha value is -2.07. The lowest BCUT2D eigenvalue weighted by atomic mass is 10.0. The van der Waals surface area contributed by atoms with E-state index in [1.54, 1.807) is 41.4 Å². The van der Waals surface area contributed by atoms with Crippen molar-refractivity contribution in [3.8, 4) is 5.75 Å². The summed E-state index contributed by atoms with van der Waals surface area (Å²) in [5, 5.41) is 2.91. The van der Waals surface area contributed by atoms with Gasteiger partial charge in [0.1, 0.15) is 5.75 Å². The Kier molecular flexibility index (Phi) is 7.33. The molecule has 0 spiro atoms. The van der Waals surface area contributed by atoms with E-state index in [1.165, 1.54) is 0 Å². The number of amides is 1. The van der Waals surface area contributed by atoms with Gasteiger partial charge in [-0.3, -0.25) is 4.79 Å². The highest BCUT2D eigenvalue weighted by Crippen LogP contribution is 2.36. The molecule has 1 saturated heterocycles. The van der Waals surface area contributed by atoms with E-state index in [2.05, 4.69) is 17.3 Å². The molecule has 1 fully saturated rings. The predicted molar refractivity (Wildman–Crippen MR) is 131 cm³/mol. The van der Waals surface area contributed by atoms with Gasteiger partial charge in [0, 0.05) is 34.7 Å². The van der Waals surface area contributed by atoms with Crippen LogP contribution in [0, 0.1) is 5.92 Å². The second kappa shape index (κ2) is 10.0. The molecule has 1 N–H and O–H groups in total. The second-order valence-electron chi connectivity index (χ2n) is 8.76. The van der Waals surface area contributed by atoms with Crippen LogP contribution < -0.4 is 10.1 Å². The molecule has 178 valence electrons. The summed E-state index contributed by atoms with van der Waals surface area (Å²) in [6.07, 6.45) is 1.53. The number of carbonyl (C=O) groups is 1. The number of rotatable bonds is 6. The third-order valence-corrected chi connectivity index (χ3v) is 9.59. The summed E-state index contributed by atoms with van der Waals surface area (Å²) in [7, 11) is -0.162. The van der Waals surface area contributed by atoms with Crippen molar-refractivity contribution in [2.45, 2.75) is 42.1 Å².